The lowest BCUT2D eigenvalue weighted by atomic mass is 9.91. The number of hydrogen-bond donors (Lipinski definition) is 2. The standard InChI is InChI=1S/C21H24N6O2/c1-4-29-18-8-5-14(12-22-18)16-7-6-15(11-17(16)19-24-26-27-25-19)23-20(28)21(9-10-21)13(2)3/h5-8,11-13H,4,9-10H2,1-3H3,(H,23,28)(H,24,25,26,27). The second-order valence-electron chi connectivity index (χ2n) is 7.58. The second-order valence-corrected chi connectivity index (χ2v) is 7.58. The van der Waals surface area contributed by atoms with E-state index in [0.29, 0.717) is 29.9 Å². The van der Waals surface area contributed by atoms with Crippen LogP contribution >= 0.6 is 0 Å². The number of rotatable bonds is 7. The average Bonchev–Trinajstić information content (AvgIpc) is 3.37. The molecule has 1 saturated carbocycles. The topological polar surface area (TPSA) is 106 Å². The number of benzene rings is 1. The van der Waals surface area contributed by atoms with E-state index in [-0.39, 0.29) is 11.3 Å². The molecule has 0 bridgehead atoms. The fourth-order valence-electron chi connectivity index (χ4n) is 3.56. The molecule has 4 rings (SSSR count). The Balaban J connectivity index is 1.67. The van der Waals surface area contributed by atoms with Crippen LogP contribution in [-0.2, 0) is 4.79 Å². The number of aromatic nitrogens is 5. The number of nitrogens with one attached hydrogen (secondary N) is 2. The van der Waals surface area contributed by atoms with E-state index in [1.165, 1.54) is 0 Å². The first-order valence-electron chi connectivity index (χ1n) is 9.82. The quantitative estimate of drug-likeness (QED) is 0.635. The molecule has 2 N–H and O–H groups in total. The van der Waals surface area contributed by atoms with Crippen LogP contribution < -0.4 is 10.1 Å². The number of nitrogens with zero attached hydrogens (tertiary/aromatic N) is 4. The van der Waals surface area contributed by atoms with Gasteiger partial charge in [-0.15, -0.1) is 10.2 Å². The van der Waals surface area contributed by atoms with Gasteiger partial charge >= 0.3 is 0 Å². The fourth-order valence-corrected chi connectivity index (χ4v) is 3.56. The maximum absolute atomic E-state index is 12.8. The minimum absolute atomic E-state index is 0.0713. The number of carbonyl (C=O) groups excluding carboxylic acids is 1. The number of H-pyrrole nitrogens is 1. The zero-order valence-electron chi connectivity index (χ0n) is 16.8. The minimum atomic E-state index is -0.246. The summed E-state index contributed by atoms with van der Waals surface area (Å²) in [7, 11) is 0. The van der Waals surface area contributed by atoms with Crippen molar-refractivity contribution in [2.75, 3.05) is 11.9 Å². The number of carbonyl (C=O) groups is 1. The van der Waals surface area contributed by atoms with Crippen LogP contribution in [0.15, 0.2) is 36.5 Å². The van der Waals surface area contributed by atoms with Crippen molar-refractivity contribution in [2.24, 2.45) is 11.3 Å². The minimum Gasteiger partial charge on any atom is -0.478 e. The van der Waals surface area contributed by atoms with Crippen LogP contribution in [0.5, 0.6) is 5.88 Å². The summed E-state index contributed by atoms with van der Waals surface area (Å²) in [5.41, 5.74) is 3.02. The molecule has 0 saturated heterocycles. The maximum Gasteiger partial charge on any atom is 0.230 e. The van der Waals surface area contributed by atoms with Gasteiger partial charge in [0, 0.05) is 29.1 Å². The first-order chi connectivity index (χ1) is 14.0. The third-order valence-electron chi connectivity index (χ3n) is 5.55. The molecule has 1 fully saturated rings. The summed E-state index contributed by atoms with van der Waals surface area (Å²) in [6, 6.07) is 9.48. The zero-order chi connectivity index (χ0) is 20.4. The molecule has 0 spiro atoms. The summed E-state index contributed by atoms with van der Waals surface area (Å²) in [6.45, 7) is 6.67. The van der Waals surface area contributed by atoms with E-state index >= 15 is 0 Å². The number of ether oxygens (including phenoxy) is 1. The van der Waals surface area contributed by atoms with Crippen LogP contribution in [0, 0.1) is 11.3 Å². The van der Waals surface area contributed by atoms with Gasteiger partial charge in [-0.25, -0.2) is 4.98 Å². The summed E-state index contributed by atoms with van der Waals surface area (Å²) in [4.78, 5) is 17.1. The van der Waals surface area contributed by atoms with Crippen molar-refractivity contribution in [3.05, 3.63) is 36.5 Å². The summed E-state index contributed by atoms with van der Waals surface area (Å²) in [5, 5.41) is 17.5. The van der Waals surface area contributed by atoms with Gasteiger partial charge < -0.3 is 10.1 Å². The molecular formula is C21H24N6O2. The molecule has 2 aromatic heterocycles. The van der Waals surface area contributed by atoms with Crippen molar-refractivity contribution in [3.63, 3.8) is 0 Å². The van der Waals surface area contributed by atoms with Gasteiger partial charge in [0.1, 0.15) is 0 Å². The van der Waals surface area contributed by atoms with Gasteiger partial charge in [0.15, 0.2) is 0 Å². The van der Waals surface area contributed by atoms with Crippen molar-refractivity contribution in [2.45, 2.75) is 33.6 Å². The Hall–Kier alpha value is -3.29. The Morgan fingerprint density at radius 3 is 2.66 bits per heavy atom. The number of anilines is 1. The van der Waals surface area contributed by atoms with Gasteiger partial charge in [-0.2, -0.15) is 5.21 Å². The van der Waals surface area contributed by atoms with E-state index in [4.69, 9.17) is 4.74 Å². The van der Waals surface area contributed by atoms with E-state index in [0.717, 1.165) is 29.5 Å². The number of amides is 1. The molecular weight excluding hydrogens is 368 g/mol. The third-order valence-corrected chi connectivity index (χ3v) is 5.55. The highest BCUT2D eigenvalue weighted by molar-refractivity contribution is 5.98. The summed E-state index contributed by atoms with van der Waals surface area (Å²) >= 11 is 0. The second kappa shape index (κ2) is 7.62. The van der Waals surface area contributed by atoms with Crippen molar-refractivity contribution in [1.82, 2.24) is 25.6 Å². The van der Waals surface area contributed by atoms with Crippen LogP contribution in [0.1, 0.15) is 33.6 Å². The largest absolute Gasteiger partial charge is 0.478 e. The van der Waals surface area contributed by atoms with Crippen LogP contribution in [0.4, 0.5) is 5.69 Å². The lowest BCUT2D eigenvalue weighted by Crippen LogP contribution is -2.28. The predicted molar refractivity (Wildman–Crippen MR) is 109 cm³/mol. The van der Waals surface area contributed by atoms with Crippen molar-refractivity contribution in [1.29, 1.82) is 0 Å². The molecule has 1 amide bonds. The number of hydrogen-bond acceptors (Lipinski definition) is 6. The molecule has 8 heteroatoms. The maximum atomic E-state index is 12.8. The van der Waals surface area contributed by atoms with Gasteiger partial charge in [0.2, 0.25) is 17.6 Å². The Morgan fingerprint density at radius 1 is 1.24 bits per heavy atom. The highest BCUT2D eigenvalue weighted by Crippen LogP contribution is 2.52. The van der Waals surface area contributed by atoms with Crippen LogP contribution in [0.2, 0.25) is 0 Å². The summed E-state index contributed by atoms with van der Waals surface area (Å²) in [5.74, 6) is 1.41. The van der Waals surface area contributed by atoms with Gasteiger partial charge in [-0.3, -0.25) is 4.79 Å². The monoisotopic (exact) mass is 392 g/mol. The average molecular weight is 392 g/mol. The van der Waals surface area contributed by atoms with Crippen molar-refractivity contribution >= 4 is 11.6 Å². The zero-order valence-corrected chi connectivity index (χ0v) is 16.8. The highest BCUT2D eigenvalue weighted by atomic mass is 16.5. The molecule has 8 nitrogen and oxygen atoms in total. The molecule has 1 aliphatic rings. The van der Waals surface area contributed by atoms with Crippen molar-refractivity contribution < 1.29 is 9.53 Å². The van der Waals surface area contributed by atoms with Crippen molar-refractivity contribution in [3.8, 4) is 28.4 Å². The molecule has 150 valence electrons. The van der Waals surface area contributed by atoms with Gasteiger partial charge in [0.05, 0.1) is 12.0 Å². The van der Waals surface area contributed by atoms with E-state index in [1.54, 1.807) is 6.20 Å². The van der Waals surface area contributed by atoms with E-state index in [9.17, 15) is 4.79 Å². The number of aromatic amines is 1. The van der Waals surface area contributed by atoms with E-state index < -0.39 is 0 Å². The number of pyridine rings is 1. The lowest BCUT2D eigenvalue weighted by Gasteiger charge is -2.19. The Bertz CT molecular complexity index is 995. The Kier molecular flexibility index (Phi) is 5.00. The molecule has 3 aromatic rings. The van der Waals surface area contributed by atoms with Crippen LogP contribution in [-0.4, -0.2) is 38.1 Å². The van der Waals surface area contributed by atoms with Gasteiger partial charge in [-0.1, -0.05) is 19.9 Å². The lowest BCUT2D eigenvalue weighted by molar-refractivity contribution is -0.122. The van der Waals surface area contributed by atoms with Gasteiger partial charge in [-0.05, 0) is 54.7 Å². The summed E-state index contributed by atoms with van der Waals surface area (Å²) in [6.07, 6.45) is 3.62. The molecule has 0 atom stereocenters. The molecule has 1 aliphatic carbocycles. The fraction of sp³-hybridized carbons (Fsp3) is 0.381. The highest BCUT2D eigenvalue weighted by Gasteiger charge is 2.52. The molecule has 0 unspecified atom stereocenters. The SMILES string of the molecule is CCOc1ccc(-c2ccc(NC(=O)C3(C(C)C)CC3)cc2-c2nn[nH]n2)cn1. The predicted octanol–water partition coefficient (Wildman–Crippen LogP) is 3.70. The third kappa shape index (κ3) is 3.70. The first kappa shape index (κ1) is 19.0. The molecule has 0 radical (unpaired) electrons. The Labute approximate surface area is 169 Å². The summed E-state index contributed by atoms with van der Waals surface area (Å²) < 4.78 is 5.42. The van der Waals surface area contributed by atoms with Crippen LogP contribution in [0.25, 0.3) is 22.5 Å². The number of tetrazole rings is 1. The molecule has 0 aliphatic heterocycles. The first-order valence-corrected chi connectivity index (χ1v) is 9.82. The smallest absolute Gasteiger partial charge is 0.230 e. The molecule has 2 heterocycles. The van der Waals surface area contributed by atoms with Gasteiger partial charge in [0.25, 0.3) is 0 Å². The van der Waals surface area contributed by atoms with E-state index in [2.05, 4.69) is 44.8 Å². The normalized spacial score (nSPS) is 14.6. The molecule has 29 heavy (non-hydrogen) atoms. The van der Waals surface area contributed by atoms with E-state index in [1.807, 2.05) is 37.3 Å². The van der Waals surface area contributed by atoms with Crippen LogP contribution in [0.3, 0.4) is 0 Å². The molecule has 1 aromatic carbocycles. The Morgan fingerprint density at radius 2 is 2.07 bits per heavy atom.